The molecule has 0 radical (unpaired) electrons. The SMILES string of the molecule is CC(=O)c1ccc(NC(=O)Cn2nc(C)c(Cl)c2C)cc1. The van der Waals surface area contributed by atoms with Crippen LogP contribution in [0.5, 0.6) is 0 Å². The first-order chi connectivity index (χ1) is 9.88. The second-order valence-electron chi connectivity index (χ2n) is 4.82. The summed E-state index contributed by atoms with van der Waals surface area (Å²) in [5.41, 5.74) is 2.71. The highest BCUT2D eigenvalue weighted by atomic mass is 35.5. The van der Waals surface area contributed by atoms with Gasteiger partial charge in [-0.1, -0.05) is 11.6 Å². The van der Waals surface area contributed by atoms with E-state index in [0.29, 0.717) is 22.0 Å². The van der Waals surface area contributed by atoms with Crippen LogP contribution in [0.15, 0.2) is 24.3 Å². The molecule has 0 spiro atoms. The fraction of sp³-hybridized carbons (Fsp3) is 0.267. The zero-order chi connectivity index (χ0) is 15.6. The number of halogens is 1. The molecule has 0 saturated carbocycles. The van der Waals surface area contributed by atoms with Gasteiger partial charge in [0, 0.05) is 11.3 Å². The zero-order valence-electron chi connectivity index (χ0n) is 12.1. The summed E-state index contributed by atoms with van der Waals surface area (Å²) in [6.07, 6.45) is 0. The molecule has 0 atom stereocenters. The van der Waals surface area contributed by atoms with Gasteiger partial charge in [-0.05, 0) is 45.0 Å². The number of rotatable bonds is 4. The lowest BCUT2D eigenvalue weighted by atomic mass is 10.1. The second kappa shape index (κ2) is 6.10. The molecular weight excluding hydrogens is 290 g/mol. The average Bonchev–Trinajstić information content (AvgIpc) is 2.67. The molecular formula is C15H16ClN3O2. The van der Waals surface area contributed by atoms with Crippen molar-refractivity contribution < 1.29 is 9.59 Å². The number of ketones is 1. The summed E-state index contributed by atoms with van der Waals surface area (Å²) in [6.45, 7) is 5.20. The first-order valence-corrected chi connectivity index (χ1v) is 6.86. The molecule has 1 amide bonds. The number of Topliss-reactive ketones (excluding diaryl/α,β-unsaturated/α-hetero) is 1. The number of nitrogens with one attached hydrogen (secondary N) is 1. The molecule has 0 unspecified atom stereocenters. The van der Waals surface area contributed by atoms with Crippen LogP contribution in [0, 0.1) is 13.8 Å². The van der Waals surface area contributed by atoms with Gasteiger partial charge in [0.1, 0.15) is 6.54 Å². The number of carbonyl (C=O) groups excluding carboxylic acids is 2. The minimum absolute atomic E-state index is 0.00911. The van der Waals surface area contributed by atoms with E-state index in [0.717, 1.165) is 5.69 Å². The third-order valence-corrected chi connectivity index (χ3v) is 3.71. The Morgan fingerprint density at radius 2 is 1.86 bits per heavy atom. The van der Waals surface area contributed by atoms with E-state index in [4.69, 9.17) is 11.6 Å². The van der Waals surface area contributed by atoms with E-state index in [1.165, 1.54) is 6.92 Å². The summed E-state index contributed by atoms with van der Waals surface area (Å²) >= 11 is 6.04. The van der Waals surface area contributed by atoms with Crippen LogP contribution in [0.4, 0.5) is 5.69 Å². The molecule has 0 aliphatic heterocycles. The van der Waals surface area contributed by atoms with Crippen LogP contribution in [0.3, 0.4) is 0 Å². The van der Waals surface area contributed by atoms with Gasteiger partial charge in [-0.25, -0.2) is 0 Å². The number of aromatic nitrogens is 2. The number of anilines is 1. The van der Waals surface area contributed by atoms with Crippen molar-refractivity contribution in [2.75, 3.05) is 5.32 Å². The third kappa shape index (κ3) is 3.49. The fourth-order valence-electron chi connectivity index (χ4n) is 1.95. The molecule has 1 heterocycles. The predicted molar refractivity (Wildman–Crippen MR) is 81.8 cm³/mol. The van der Waals surface area contributed by atoms with Crippen molar-refractivity contribution >= 4 is 29.0 Å². The van der Waals surface area contributed by atoms with E-state index in [9.17, 15) is 9.59 Å². The lowest BCUT2D eigenvalue weighted by Gasteiger charge is -2.07. The van der Waals surface area contributed by atoms with Gasteiger partial charge in [-0.3, -0.25) is 14.3 Å². The maximum absolute atomic E-state index is 12.0. The van der Waals surface area contributed by atoms with Gasteiger partial charge >= 0.3 is 0 Å². The van der Waals surface area contributed by atoms with Crippen LogP contribution < -0.4 is 5.32 Å². The van der Waals surface area contributed by atoms with Crippen molar-refractivity contribution in [3.8, 4) is 0 Å². The molecule has 0 fully saturated rings. The van der Waals surface area contributed by atoms with E-state index in [1.54, 1.807) is 35.9 Å². The molecule has 21 heavy (non-hydrogen) atoms. The van der Waals surface area contributed by atoms with E-state index >= 15 is 0 Å². The minimum Gasteiger partial charge on any atom is -0.324 e. The molecule has 0 bridgehead atoms. The van der Waals surface area contributed by atoms with Gasteiger partial charge in [-0.15, -0.1) is 0 Å². The Morgan fingerprint density at radius 3 is 2.33 bits per heavy atom. The smallest absolute Gasteiger partial charge is 0.246 e. The van der Waals surface area contributed by atoms with Crippen molar-refractivity contribution in [1.82, 2.24) is 9.78 Å². The highest BCUT2D eigenvalue weighted by Crippen LogP contribution is 2.19. The van der Waals surface area contributed by atoms with Gasteiger partial charge < -0.3 is 5.32 Å². The molecule has 2 aromatic rings. The lowest BCUT2D eigenvalue weighted by Crippen LogP contribution is -2.20. The van der Waals surface area contributed by atoms with Gasteiger partial charge in [0.25, 0.3) is 0 Å². The largest absolute Gasteiger partial charge is 0.324 e. The Kier molecular flexibility index (Phi) is 4.43. The van der Waals surface area contributed by atoms with Crippen LogP contribution in [0.1, 0.15) is 28.7 Å². The molecule has 110 valence electrons. The first kappa shape index (κ1) is 15.3. The quantitative estimate of drug-likeness (QED) is 0.883. The summed E-state index contributed by atoms with van der Waals surface area (Å²) in [7, 11) is 0. The number of amides is 1. The third-order valence-electron chi connectivity index (χ3n) is 3.16. The summed E-state index contributed by atoms with van der Waals surface area (Å²) in [4.78, 5) is 23.2. The Bertz CT molecular complexity index is 690. The molecule has 2 rings (SSSR count). The molecule has 0 aliphatic carbocycles. The zero-order valence-corrected chi connectivity index (χ0v) is 12.9. The normalized spacial score (nSPS) is 10.5. The topological polar surface area (TPSA) is 64.0 Å². The fourth-order valence-corrected chi connectivity index (χ4v) is 2.09. The average molecular weight is 306 g/mol. The molecule has 1 aromatic heterocycles. The number of carbonyl (C=O) groups is 2. The van der Waals surface area contributed by atoms with E-state index < -0.39 is 0 Å². The van der Waals surface area contributed by atoms with Gasteiger partial charge in [0.2, 0.25) is 5.91 Å². The van der Waals surface area contributed by atoms with Crippen molar-refractivity contribution in [3.63, 3.8) is 0 Å². The summed E-state index contributed by atoms with van der Waals surface area (Å²) in [5, 5.41) is 7.54. The van der Waals surface area contributed by atoms with Gasteiger partial charge in [-0.2, -0.15) is 5.10 Å². The number of benzene rings is 1. The molecule has 6 heteroatoms. The number of hydrogen-bond acceptors (Lipinski definition) is 3. The minimum atomic E-state index is -0.201. The first-order valence-electron chi connectivity index (χ1n) is 6.49. The van der Waals surface area contributed by atoms with Gasteiger partial charge in [0.05, 0.1) is 16.4 Å². The summed E-state index contributed by atoms with van der Waals surface area (Å²) in [5.74, 6) is -0.210. The Balaban J connectivity index is 2.04. The Morgan fingerprint density at radius 1 is 1.24 bits per heavy atom. The summed E-state index contributed by atoms with van der Waals surface area (Å²) in [6, 6.07) is 6.75. The standard InChI is InChI=1S/C15H16ClN3O2/c1-9-15(16)10(2)19(18-9)8-14(21)17-13-6-4-12(5-7-13)11(3)20/h4-7H,8H2,1-3H3,(H,17,21). The predicted octanol–water partition coefficient (Wildman–Crippen LogP) is 2.99. The Labute approximate surface area is 127 Å². The molecule has 1 aromatic carbocycles. The van der Waals surface area contributed by atoms with E-state index in [1.807, 2.05) is 6.92 Å². The van der Waals surface area contributed by atoms with Crippen molar-refractivity contribution in [2.45, 2.75) is 27.3 Å². The second-order valence-corrected chi connectivity index (χ2v) is 5.20. The highest BCUT2D eigenvalue weighted by Gasteiger charge is 2.12. The van der Waals surface area contributed by atoms with E-state index in [-0.39, 0.29) is 18.2 Å². The molecule has 0 aliphatic rings. The van der Waals surface area contributed by atoms with Crippen LogP contribution in [-0.4, -0.2) is 21.5 Å². The van der Waals surface area contributed by atoms with E-state index in [2.05, 4.69) is 10.4 Å². The van der Waals surface area contributed by atoms with Crippen LogP contribution >= 0.6 is 11.6 Å². The number of nitrogens with zero attached hydrogens (tertiary/aromatic N) is 2. The van der Waals surface area contributed by atoms with Crippen molar-refractivity contribution in [1.29, 1.82) is 0 Å². The highest BCUT2D eigenvalue weighted by molar-refractivity contribution is 6.31. The maximum Gasteiger partial charge on any atom is 0.246 e. The number of aryl methyl sites for hydroxylation is 1. The van der Waals surface area contributed by atoms with Crippen LogP contribution in [0.25, 0.3) is 0 Å². The molecule has 5 nitrogen and oxygen atoms in total. The molecule has 1 N–H and O–H groups in total. The summed E-state index contributed by atoms with van der Waals surface area (Å²) < 4.78 is 1.57. The van der Waals surface area contributed by atoms with Crippen LogP contribution in [0.2, 0.25) is 5.02 Å². The lowest BCUT2D eigenvalue weighted by molar-refractivity contribution is -0.116. The van der Waals surface area contributed by atoms with Crippen LogP contribution in [-0.2, 0) is 11.3 Å². The van der Waals surface area contributed by atoms with Crippen molar-refractivity contribution in [3.05, 3.63) is 46.2 Å². The monoisotopic (exact) mass is 305 g/mol. The molecule has 0 saturated heterocycles. The number of hydrogen-bond donors (Lipinski definition) is 1. The van der Waals surface area contributed by atoms with Gasteiger partial charge in [0.15, 0.2) is 5.78 Å². The Hall–Kier alpha value is -2.14. The van der Waals surface area contributed by atoms with Crippen molar-refractivity contribution in [2.24, 2.45) is 0 Å². The maximum atomic E-state index is 12.0.